The van der Waals surface area contributed by atoms with Crippen LogP contribution in [0, 0.1) is 3.57 Å². The van der Waals surface area contributed by atoms with Crippen molar-refractivity contribution in [2.75, 3.05) is 13.7 Å². The molecule has 0 aliphatic carbocycles. The fourth-order valence-electron chi connectivity index (χ4n) is 1.66. The largest absolute Gasteiger partial charge is 0.383 e. The van der Waals surface area contributed by atoms with Crippen LogP contribution in [0.1, 0.15) is 25.3 Å². The molecule has 1 aromatic rings. The van der Waals surface area contributed by atoms with Gasteiger partial charge in [-0.25, -0.2) is 0 Å². The third-order valence-electron chi connectivity index (χ3n) is 2.51. The van der Waals surface area contributed by atoms with Crippen molar-refractivity contribution in [1.29, 1.82) is 0 Å². The fraction of sp³-hybridized carbons (Fsp3) is 0.538. The lowest BCUT2D eigenvalue weighted by Crippen LogP contribution is -2.32. The molecule has 0 saturated carbocycles. The van der Waals surface area contributed by atoms with E-state index in [0.717, 1.165) is 19.6 Å². The summed E-state index contributed by atoms with van der Waals surface area (Å²) in [7, 11) is 1.76. The Kier molecular flexibility index (Phi) is 7.00. The molecule has 1 atom stereocenters. The van der Waals surface area contributed by atoms with Crippen LogP contribution in [0.4, 0.5) is 0 Å². The van der Waals surface area contributed by atoms with E-state index >= 15 is 0 Å². The van der Waals surface area contributed by atoms with Gasteiger partial charge in [0.1, 0.15) is 0 Å². The van der Waals surface area contributed by atoms with Gasteiger partial charge in [0.25, 0.3) is 0 Å². The van der Waals surface area contributed by atoms with Crippen LogP contribution in [0.3, 0.4) is 0 Å². The van der Waals surface area contributed by atoms with E-state index in [9.17, 15) is 0 Å². The van der Waals surface area contributed by atoms with Gasteiger partial charge in [-0.05, 0) is 46.7 Å². The number of benzene rings is 1. The maximum atomic E-state index is 5.20. The molecule has 90 valence electrons. The molecule has 0 aliphatic heterocycles. The van der Waals surface area contributed by atoms with Gasteiger partial charge in [0.05, 0.1) is 6.61 Å². The van der Waals surface area contributed by atoms with Crippen molar-refractivity contribution < 1.29 is 4.74 Å². The van der Waals surface area contributed by atoms with Gasteiger partial charge in [-0.1, -0.05) is 25.5 Å². The van der Waals surface area contributed by atoms with E-state index in [2.05, 4.69) is 59.1 Å². The number of rotatable bonds is 7. The molecule has 0 bridgehead atoms. The maximum Gasteiger partial charge on any atom is 0.0615 e. The van der Waals surface area contributed by atoms with E-state index in [4.69, 9.17) is 4.74 Å². The van der Waals surface area contributed by atoms with Gasteiger partial charge < -0.3 is 10.1 Å². The molecule has 0 amide bonds. The molecule has 1 N–H and O–H groups in total. The van der Waals surface area contributed by atoms with Crippen LogP contribution < -0.4 is 5.32 Å². The Morgan fingerprint density at radius 3 is 2.56 bits per heavy atom. The molecule has 1 unspecified atom stereocenters. The molecule has 1 rings (SSSR count). The smallest absolute Gasteiger partial charge is 0.0615 e. The monoisotopic (exact) mass is 333 g/mol. The van der Waals surface area contributed by atoms with Crippen LogP contribution in [-0.2, 0) is 11.3 Å². The first-order valence-corrected chi connectivity index (χ1v) is 6.81. The normalized spacial score (nSPS) is 12.7. The third kappa shape index (κ3) is 5.27. The Balaban J connectivity index is 2.38. The van der Waals surface area contributed by atoms with Crippen LogP contribution in [0.15, 0.2) is 24.3 Å². The molecule has 0 fully saturated rings. The van der Waals surface area contributed by atoms with Crippen molar-refractivity contribution in [3.8, 4) is 0 Å². The van der Waals surface area contributed by atoms with Crippen molar-refractivity contribution >= 4 is 22.6 Å². The Hall–Kier alpha value is -0.130. The maximum absolute atomic E-state index is 5.20. The number of nitrogens with one attached hydrogen (secondary N) is 1. The highest BCUT2D eigenvalue weighted by Crippen LogP contribution is 2.07. The quantitative estimate of drug-likeness (QED) is 0.774. The van der Waals surface area contributed by atoms with Crippen LogP contribution >= 0.6 is 22.6 Å². The van der Waals surface area contributed by atoms with Crippen molar-refractivity contribution in [2.24, 2.45) is 0 Å². The lowest BCUT2D eigenvalue weighted by atomic mass is 10.1. The predicted molar refractivity (Wildman–Crippen MR) is 76.6 cm³/mol. The zero-order chi connectivity index (χ0) is 11.8. The minimum atomic E-state index is 0.467. The van der Waals surface area contributed by atoms with Crippen LogP contribution in [0.2, 0.25) is 0 Å². The first-order chi connectivity index (χ1) is 7.76. The summed E-state index contributed by atoms with van der Waals surface area (Å²) in [6.07, 6.45) is 2.35. The summed E-state index contributed by atoms with van der Waals surface area (Å²) < 4.78 is 6.48. The number of methoxy groups -OCH3 is 1. The van der Waals surface area contributed by atoms with Gasteiger partial charge in [-0.3, -0.25) is 0 Å². The average Bonchev–Trinajstić information content (AvgIpc) is 2.29. The number of hydrogen-bond acceptors (Lipinski definition) is 2. The average molecular weight is 333 g/mol. The highest BCUT2D eigenvalue weighted by molar-refractivity contribution is 14.1. The highest BCUT2D eigenvalue weighted by atomic mass is 127. The van der Waals surface area contributed by atoms with Gasteiger partial charge in [0.15, 0.2) is 0 Å². The van der Waals surface area contributed by atoms with E-state index in [-0.39, 0.29) is 0 Å². The van der Waals surface area contributed by atoms with Gasteiger partial charge in [0.2, 0.25) is 0 Å². The molecule has 0 radical (unpaired) electrons. The van der Waals surface area contributed by atoms with Crippen molar-refractivity contribution in [2.45, 2.75) is 32.4 Å². The summed E-state index contributed by atoms with van der Waals surface area (Å²) in [6, 6.07) is 9.09. The Bertz CT molecular complexity index is 280. The molecule has 0 aromatic heterocycles. The summed E-state index contributed by atoms with van der Waals surface area (Å²) in [4.78, 5) is 0. The second kappa shape index (κ2) is 8.03. The number of ether oxygens (including phenoxy) is 1. The van der Waals surface area contributed by atoms with E-state index < -0.39 is 0 Å². The standard InChI is InChI=1S/C13H20INO/c1-3-4-13(10-16-2)15-9-11-5-7-12(14)8-6-11/h5-8,13,15H,3-4,9-10H2,1-2H3. The summed E-state index contributed by atoms with van der Waals surface area (Å²) >= 11 is 2.32. The molecule has 0 saturated heterocycles. The van der Waals surface area contributed by atoms with Gasteiger partial charge in [0, 0.05) is 23.3 Å². The summed E-state index contributed by atoms with van der Waals surface area (Å²) in [5, 5.41) is 3.53. The summed E-state index contributed by atoms with van der Waals surface area (Å²) in [5.74, 6) is 0. The van der Waals surface area contributed by atoms with E-state index in [1.165, 1.54) is 15.6 Å². The lowest BCUT2D eigenvalue weighted by Gasteiger charge is -2.17. The number of halogens is 1. The molecule has 2 nitrogen and oxygen atoms in total. The van der Waals surface area contributed by atoms with E-state index in [1.807, 2.05) is 0 Å². The Labute approximate surface area is 112 Å². The zero-order valence-corrected chi connectivity index (χ0v) is 12.2. The lowest BCUT2D eigenvalue weighted by molar-refractivity contribution is 0.161. The summed E-state index contributed by atoms with van der Waals surface area (Å²) in [6.45, 7) is 3.92. The third-order valence-corrected chi connectivity index (χ3v) is 3.23. The SMILES string of the molecule is CCCC(COC)NCc1ccc(I)cc1. The Morgan fingerprint density at radius 1 is 1.31 bits per heavy atom. The first kappa shape index (κ1) is 13.9. The van der Waals surface area contributed by atoms with Crippen molar-refractivity contribution in [1.82, 2.24) is 5.32 Å². The molecule has 0 heterocycles. The molecule has 0 aliphatic rings. The molecule has 3 heteroatoms. The summed E-state index contributed by atoms with van der Waals surface area (Å²) in [5.41, 5.74) is 1.33. The topological polar surface area (TPSA) is 21.3 Å². The van der Waals surface area contributed by atoms with Gasteiger partial charge in [-0.2, -0.15) is 0 Å². The highest BCUT2D eigenvalue weighted by Gasteiger charge is 2.05. The Morgan fingerprint density at radius 2 is 2.00 bits per heavy atom. The van der Waals surface area contributed by atoms with Crippen LogP contribution in [0.25, 0.3) is 0 Å². The van der Waals surface area contributed by atoms with Crippen LogP contribution in [-0.4, -0.2) is 19.8 Å². The zero-order valence-electron chi connectivity index (χ0n) is 10.0. The van der Waals surface area contributed by atoms with Crippen LogP contribution in [0.5, 0.6) is 0 Å². The minimum Gasteiger partial charge on any atom is -0.383 e. The molecular weight excluding hydrogens is 313 g/mol. The second-order valence-corrected chi connectivity index (χ2v) is 5.19. The second-order valence-electron chi connectivity index (χ2n) is 3.95. The van der Waals surface area contributed by atoms with Crippen molar-refractivity contribution in [3.05, 3.63) is 33.4 Å². The van der Waals surface area contributed by atoms with E-state index in [0.29, 0.717) is 6.04 Å². The first-order valence-electron chi connectivity index (χ1n) is 5.73. The fourth-order valence-corrected chi connectivity index (χ4v) is 2.02. The van der Waals surface area contributed by atoms with Gasteiger partial charge >= 0.3 is 0 Å². The molecule has 1 aromatic carbocycles. The minimum absolute atomic E-state index is 0.467. The molecular formula is C13H20INO. The molecule has 16 heavy (non-hydrogen) atoms. The number of hydrogen-bond donors (Lipinski definition) is 1. The van der Waals surface area contributed by atoms with Gasteiger partial charge in [-0.15, -0.1) is 0 Å². The molecule has 0 spiro atoms. The predicted octanol–water partition coefficient (Wildman–Crippen LogP) is 3.20. The van der Waals surface area contributed by atoms with Crippen molar-refractivity contribution in [3.63, 3.8) is 0 Å². The van der Waals surface area contributed by atoms with E-state index in [1.54, 1.807) is 7.11 Å².